The van der Waals surface area contributed by atoms with E-state index in [9.17, 15) is 0 Å². The number of ether oxygens (including phenoxy) is 4. The summed E-state index contributed by atoms with van der Waals surface area (Å²) in [7, 11) is 8.70. The van der Waals surface area contributed by atoms with E-state index in [0.29, 0.717) is 0 Å². The topological polar surface area (TPSA) is 53.5 Å². The van der Waals surface area contributed by atoms with Gasteiger partial charge in [0, 0.05) is 10.9 Å². The minimum Gasteiger partial charge on any atom is -0.493 e. The van der Waals surface area contributed by atoms with Crippen molar-refractivity contribution in [1.82, 2.24) is 0 Å². The maximum atomic E-state index is 5.55. The third-order valence-corrected chi connectivity index (χ3v) is 5.13. The van der Waals surface area contributed by atoms with Crippen LogP contribution in [-0.4, -0.2) is 35.5 Å². The molecule has 0 aliphatic carbocycles. The molecule has 5 nitrogen and oxygen atoms in total. The Kier molecular flexibility index (Phi) is 5.95. The van der Waals surface area contributed by atoms with Gasteiger partial charge in [-0.05, 0) is 53.3 Å². The first-order valence-corrected chi connectivity index (χ1v) is 9.35. The van der Waals surface area contributed by atoms with E-state index in [1.54, 1.807) is 28.4 Å². The molecule has 0 saturated carbocycles. The van der Waals surface area contributed by atoms with E-state index in [1.165, 1.54) is 5.56 Å². The molecule has 2 N–H and O–H groups in total. The minimum absolute atomic E-state index is 0.721. The largest absolute Gasteiger partial charge is 0.493 e. The maximum Gasteiger partial charge on any atom is 0.161 e. The van der Waals surface area contributed by atoms with Gasteiger partial charge >= 0.3 is 0 Å². The summed E-state index contributed by atoms with van der Waals surface area (Å²) in [6, 6.07) is 12.5. The fourth-order valence-electron chi connectivity index (χ4n) is 3.68. The van der Waals surface area contributed by atoms with Crippen molar-refractivity contribution in [1.29, 1.82) is 0 Å². The molecule has 0 aliphatic heterocycles. The second-order valence-electron chi connectivity index (χ2n) is 6.46. The van der Waals surface area contributed by atoms with Gasteiger partial charge in [-0.15, -0.1) is 0 Å². The van der Waals surface area contributed by atoms with Gasteiger partial charge in [0.1, 0.15) is 5.69 Å². The van der Waals surface area contributed by atoms with Crippen molar-refractivity contribution >= 4 is 16.5 Å². The Bertz CT molecular complexity index is 998. The van der Waals surface area contributed by atoms with E-state index in [-0.39, 0.29) is 0 Å². The smallest absolute Gasteiger partial charge is 0.161 e. The molecule has 0 bridgehead atoms. The second-order valence-corrected chi connectivity index (χ2v) is 6.46. The van der Waals surface area contributed by atoms with Crippen LogP contribution in [0.4, 0.5) is 5.69 Å². The summed E-state index contributed by atoms with van der Waals surface area (Å²) in [5, 5.41) is 4.36. The molecule has 0 unspecified atom stereocenters. The average Bonchev–Trinajstić information content (AvgIpc) is 2.75. The number of hydrogen-bond donors (Lipinski definition) is 1. The summed E-state index contributed by atoms with van der Waals surface area (Å²) in [6.45, 7) is 2.15. The van der Waals surface area contributed by atoms with Crippen molar-refractivity contribution in [3.05, 3.63) is 42.0 Å². The molecular formula is C23H28NO4+. The van der Waals surface area contributed by atoms with Crippen LogP contribution in [0.5, 0.6) is 23.0 Å². The highest BCUT2D eigenvalue weighted by Crippen LogP contribution is 2.42. The van der Waals surface area contributed by atoms with Crippen LogP contribution in [0.3, 0.4) is 0 Å². The molecule has 0 atom stereocenters. The van der Waals surface area contributed by atoms with Crippen molar-refractivity contribution in [3.8, 4) is 34.1 Å². The van der Waals surface area contributed by atoms with Crippen molar-refractivity contribution in [2.24, 2.45) is 0 Å². The van der Waals surface area contributed by atoms with Gasteiger partial charge in [-0.1, -0.05) is 13.0 Å². The van der Waals surface area contributed by atoms with Gasteiger partial charge in [0.15, 0.2) is 23.0 Å². The lowest BCUT2D eigenvalue weighted by molar-refractivity contribution is -0.537. The van der Waals surface area contributed by atoms with Crippen LogP contribution in [-0.2, 0) is 6.42 Å². The predicted octanol–water partition coefficient (Wildman–Crippen LogP) is 3.93. The number of hydrogen-bond acceptors (Lipinski definition) is 4. The Hall–Kier alpha value is -2.92. The normalized spacial score (nSPS) is 10.8. The predicted molar refractivity (Wildman–Crippen MR) is 112 cm³/mol. The summed E-state index contributed by atoms with van der Waals surface area (Å²) in [6.07, 6.45) is 0.892. The zero-order valence-electron chi connectivity index (χ0n) is 17.4. The monoisotopic (exact) mass is 382 g/mol. The molecule has 148 valence electrons. The molecule has 0 aromatic heterocycles. The van der Waals surface area contributed by atoms with Crippen LogP contribution < -0.4 is 24.3 Å². The molecular weight excluding hydrogens is 354 g/mol. The summed E-state index contributed by atoms with van der Waals surface area (Å²) in [5.41, 5.74) is 4.66. The minimum atomic E-state index is 0.721. The zero-order valence-corrected chi connectivity index (χ0v) is 17.4. The highest BCUT2D eigenvalue weighted by Gasteiger charge is 2.19. The highest BCUT2D eigenvalue weighted by atomic mass is 16.5. The molecule has 0 radical (unpaired) electrons. The molecule has 0 fully saturated rings. The zero-order chi connectivity index (χ0) is 20.3. The standard InChI is InChI=1S/C23H27NO4/c1-7-14-10-19(25-3)21(27-5)12-17(14)16-9-8-15-11-20(26-4)22(28-6)13-18(15)23(16)24-2/h8-13,24H,7H2,1-6H3/p+1. The summed E-state index contributed by atoms with van der Waals surface area (Å²) >= 11 is 0. The molecule has 0 saturated heterocycles. The van der Waals surface area contributed by atoms with Crippen LogP contribution in [0.1, 0.15) is 12.5 Å². The third kappa shape index (κ3) is 3.34. The van der Waals surface area contributed by atoms with Crippen molar-refractivity contribution in [3.63, 3.8) is 0 Å². The summed E-state index contributed by atoms with van der Waals surface area (Å²) in [5.74, 6) is 2.92. The lowest BCUT2D eigenvalue weighted by atomic mass is 9.93. The number of benzene rings is 3. The molecule has 0 amide bonds. The van der Waals surface area contributed by atoms with E-state index in [0.717, 1.165) is 57.0 Å². The van der Waals surface area contributed by atoms with E-state index in [1.807, 2.05) is 12.1 Å². The number of rotatable bonds is 7. The lowest BCUT2D eigenvalue weighted by Gasteiger charge is -2.17. The summed E-state index contributed by atoms with van der Waals surface area (Å²) in [4.78, 5) is 0. The molecule has 5 heteroatoms. The van der Waals surface area contributed by atoms with Crippen LogP contribution in [0.25, 0.3) is 21.9 Å². The number of aryl methyl sites for hydroxylation is 1. The average molecular weight is 382 g/mol. The Morgan fingerprint density at radius 1 is 0.714 bits per heavy atom. The van der Waals surface area contributed by atoms with E-state index < -0.39 is 0 Å². The number of methoxy groups -OCH3 is 4. The Balaban J connectivity index is 2.32. The quantitative estimate of drug-likeness (QED) is 0.629. The van der Waals surface area contributed by atoms with E-state index >= 15 is 0 Å². The fraction of sp³-hybridized carbons (Fsp3) is 0.304. The number of nitrogens with two attached hydrogens (primary N) is 1. The van der Waals surface area contributed by atoms with E-state index in [2.05, 4.69) is 43.6 Å². The van der Waals surface area contributed by atoms with Crippen molar-refractivity contribution in [2.45, 2.75) is 13.3 Å². The van der Waals surface area contributed by atoms with Crippen molar-refractivity contribution < 1.29 is 24.3 Å². The fourth-order valence-corrected chi connectivity index (χ4v) is 3.68. The Morgan fingerprint density at radius 2 is 1.29 bits per heavy atom. The molecule has 3 rings (SSSR count). The van der Waals surface area contributed by atoms with E-state index in [4.69, 9.17) is 18.9 Å². The molecule has 0 heterocycles. The maximum absolute atomic E-state index is 5.55. The number of quaternary nitrogens is 1. The van der Waals surface area contributed by atoms with Crippen LogP contribution in [0.2, 0.25) is 0 Å². The number of fused-ring (bicyclic) bond motifs is 1. The molecule has 28 heavy (non-hydrogen) atoms. The molecule has 0 aliphatic rings. The highest BCUT2D eigenvalue weighted by molar-refractivity contribution is 6.00. The lowest BCUT2D eigenvalue weighted by Crippen LogP contribution is -2.73. The summed E-state index contributed by atoms with van der Waals surface area (Å²) < 4.78 is 22.0. The van der Waals surface area contributed by atoms with Crippen LogP contribution in [0, 0.1) is 0 Å². The van der Waals surface area contributed by atoms with Gasteiger partial charge < -0.3 is 24.3 Å². The SMILES string of the molecule is CCc1cc(OC)c(OC)cc1-c1ccc2cc(OC)c(OC)cc2c1[NH2+]C. The van der Waals surface area contributed by atoms with Crippen molar-refractivity contribution in [2.75, 3.05) is 35.5 Å². The van der Waals surface area contributed by atoms with Gasteiger partial charge in [-0.25, -0.2) is 0 Å². The first-order chi connectivity index (χ1) is 13.6. The van der Waals surface area contributed by atoms with Gasteiger partial charge in [-0.3, -0.25) is 0 Å². The van der Waals surface area contributed by atoms with Gasteiger partial charge in [-0.2, -0.15) is 0 Å². The van der Waals surface area contributed by atoms with Gasteiger partial charge in [0.05, 0.1) is 35.5 Å². The van der Waals surface area contributed by atoms with Crippen LogP contribution >= 0.6 is 0 Å². The molecule has 0 spiro atoms. The second kappa shape index (κ2) is 8.40. The van der Waals surface area contributed by atoms with Gasteiger partial charge in [0.25, 0.3) is 0 Å². The molecule has 3 aromatic rings. The Morgan fingerprint density at radius 3 is 1.86 bits per heavy atom. The third-order valence-electron chi connectivity index (χ3n) is 5.13. The first-order valence-electron chi connectivity index (χ1n) is 9.35. The van der Waals surface area contributed by atoms with Gasteiger partial charge in [0.2, 0.25) is 0 Å². The Labute approximate surface area is 166 Å². The molecule has 3 aromatic carbocycles. The first kappa shape index (κ1) is 19.8. The van der Waals surface area contributed by atoms with Crippen LogP contribution in [0.15, 0.2) is 36.4 Å².